The van der Waals surface area contributed by atoms with Crippen LogP contribution in [0.25, 0.3) is 0 Å². The van der Waals surface area contributed by atoms with Gasteiger partial charge in [-0.15, -0.1) is 0 Å². The number of fused-ring (bicyclic) bond motifs is 5. The highest BCUT2D eigenvalue weighted by Gasteiger charge is 2.73. The lowest BCUT2D eigenvalue weighted by molar-refractivity contribution is -0.214. The van der Waals surface area contributed by atoms with Crippen LogP contribution in [0, 0.1) is 12.8 Å². The van der Waals surface area contributed by atoms with E-state index in [4.69, 9.17) is 23.7 Å². The van der Waals surface area contributed by atoms with Gasteiger partial charge in [-0.25, -0.2) is 9.59 Å². The van der Waals surface area contributed by atoms with Crippen LogP contribution >= 0.6 is 0 Å². The fraction of sp³-hybridized carbons (Fsp3) is 0.444. The molecule has 0 saturated carbocycles. The number of ketones is 4. The number of aromatic hydroxyl groups is 1. The van der Waals surface area contributed by atoms with Crippen molar-refractivity contribution >= 4 is 35.1 Å². The molecule has 0 spiro atoms. The number of carboxylic acids is 1. The second-order valence-electron chi connectivity index (χ2n) is 13.4. The van der Waals surface area contributed by atoms with E-state index in [-0.39, 0.29) is 11.1 Å². The number of aliphatic carboxylic acids is 1. The van der Waals surface area contributed by atoms with E-state index in [0.717, 1.165) is 26.4 Å². The summed E-state index contributed by atoms with van der Waals surface area (Å²) in [6, 6.07) is 2.10. The van der Waals surface area contributed by atoms with Crippen LogP contribution in [0.1, 0.15) is 75.4 Å². The molecule has 0 radical (unpaired) electrons. The lowest BCUT2D eigenvalue weighted by Crippen LogP contribution is -2.73. The summed E-state index contributed by atoms with van der Waals surface area (Å²) in [5, 5.41) is 68.9. The number of ether oxygens (including phenoxy) is 5. The van der Waals surface area contributed by atoms with Gasteiger partial charge in [0.2, 0.25) is 17.3 Å². The number of phenols is 1. The average Bonchev–Trinajstić information content (AvgIpc) is 3.11. The maximum atomic E-state index is 14.8. The van der Waals surface area contributed by atoms with Gasteiger partial charge in [-0.2, -0.15) is 0 Å². The van der Waals surface area contributed by atoms with Gasteiger partial charge >= 0.3 is 11.9 Å². The number of methoxy groups -OCH3 is 3. The number of carbonyl (C=O) groups is 6. The van der Waals surface area contributed by atoms with Gasteiger partial charge in [-0.05, 0) is 31.0 Å². The molecular weight excluding hydrogens is 718 g/mol. The molecule has 288 valence electrons. The summed E-state index contributed by atoms with van der Waals surface area (Å²) in [5.41, 5.74) is -10.7. The van der Waals surface area contributed by atoms with E-state index in [0.29, 0.717) is 0 Å². The van der Waals surface area contributed by atoms with Crippen molar-refractivity contribution in [3.63, 3.8) is 0 Å². The van der Waals surface area contributed by atoms with Gasteiger partial charge in [0.1, 0.15) is 29.4 Å². The Balaban J connectivity index is 1.54. The van der Waals surface area contributed by atoms with Crippen LogP contribution in [-0.4, -0.2) is 136 Å². The van der Waals surface area contributed by atoms with Crippen LogP contribution in [-0.2, 0) is 35.8 Å². The second-order valence-corrected chi connectivity index (χ2v) is 13.4. The fourth-order valence-electron chi connectivity index (χ4n) is 8.15. The van der Waals surface area contributed by atoms with Crippen molar-refractivity contribution in [2.24, 2.45) is 5.92 Å². The summed E-state index contributed by atoms with van der Waals surface area (Å²) in [7, 11) is 3.23. The van der Waals surface area contributed by atoms with Gasteiger partial charge in [-0.3, -0.25) is 19.2 Å². The van der Waals surface area contributed by atoms with Crippen molar-refractivity contribution < 1.29 is 83.1 Å². The van der Waals surface area contributed by atoms with Crippen molar-refractivity contribution in [1.29, 1.82) is 0 Å². The Kier molecular flexibility index (Phi) is 9.77. The second kappa shape index (κ2) is 13.6. The van der Waals surface area contributed by atoms with Crippen molar-refractivity contribution in [1.82, 2.24) is 5.32 Å². The van der Waals surface area contributed by atoms with E-state index < -0.39 is 153 Å². The highest BCUT2D eigenvalue weighted by Crippen LogP contribution is 2.57. The number of carboxylic acid groups (broad SMARTS) is 1. The molecule has 2 aromatic rings. The SMILES string of the molecule is COC(=O)c1c(C)cc2c(c1OCC(=O)O)[C@]1(O)C(=O)c3cc4c(c(O)c3C(=O)[C@]1(OC)[C@H](O)C2)C(=O)C=C(NC1O[C@@H](C)[C@H](OC)[C@@H](O)[C@H]1CO)C4=O. The van der Waals surface area contributed by atoms with Crippen LogP contribution < -0.4 is 10.1 Å². The van der Waals surface area contributed by atoms with Crippen molar-refractivity contribution in [2.75, 3.05) is 34.5 Å². The molecule has 2 aromatic carbocycles. The molecular formula is C36H37NO17. The third-order valence-electron chi connectivity index (χ3n) is 10.6. The van der Waals surface area contributed by atoms with Gasteiger partial charge in [-0.1, -0.05) is 6.07 Å². The lowest BCUT2D eigenvalue weighted by atomic mass is 9.56. The maximum Gasteiger partial charge on any atom is 0.341 e. The third kappa shape index (κ3) is 5.20. The Hall–Kier alpha value is -5.08. The third-order valence-corrected chi connectivity index (χ3v) is 10.6. The topological polar surface area (TPSA) is 282 Å². The first kappa shape index (κ1) is 38.6. The number of aryl methyl sites for hydroxylation is 1. The first-order chi connectivity index (χ1) is 25.5. The molecule has 3 aliphatic carbocycles. The number of esters is 1. The predicted octanol–water partition coefficient (Wildman–Crippen LogP) is -0.899. The number of Topliss-reactive ketones (excluding diaryl/α,β-unsaturated/α-hetero) is 3. The highest BCUT2D eigenvalue weighted by molar-refractivity contribution is 6.31. The summed E-state index contributed by atoms with van der Waals surface area (Å²) in [4.78, 5) is 81.8. The molecule has 18 heteroatoms. The average molecular weight is 756 g/mol. The van der Waals surface area contributed by atoms with Crippen LogP contribution in [0.15, 0.2) is 23.9 Å². The molecule has 0 amide bonds. The van der Waals surface area contributed by atoms with Gasteiger partial charge in [0.15, 0.2) is 23.6 Å². The quantitative estimate of drug-likeness (QED) is 0.153. The zero-order chi connectivity index (χ0) is 39.8. The molecule has 4 aliphatic rings. The van der Waals surface area contributed by atoms with Crippen LogP contribution in [0.2, 0.25) is 0 Å². The molecule has 1 fully saturated rings. The standard InChI is InChI=1S/C36H37NO17/c1-12-6-14-7-20(40)36(52-5)32(47)24-16(31(46)35(36,49)25(14)30(53-11-21(41)42)22(12)34(48)51-4)8-15-23(28(24)45)19(39)9-18(26(15)43)37-33-17(10-38)27(44)29(50-3)13(2)54-33/h6,8-9,13,17,20,27,29,33,37-38,40,44-45,49H,7,10-11H2,1-5H3,(H,41,42)/t13-,17+,20+,27-,29-,33?,35-,36+/m0/s1. The Morgan fingerprint density at radius 3 is 2.31 bits per heavy atom. The van der Waals surface area contributed by atoms with Gasteiger partial charge in [0.25, 0.3) is 0 Å². The molecule has 0 bridgehead atoms. The number of carbonyl (C=O) groups excluding carboxylic acids is 5. The number of allylic oxidation sites excluding steroid dienone is 2. The summed E-state index contributed by atoms with van der Waals surface area (Å²) in [5.74, 6) is -10.3. The number of nitrogens with one attached hydrogen (secondary N) is 1. The van der Waals surface area contributed by atoms with Gasteiger partial charge in [0.05, 0.1) is 54.8 Å². The highest BCUT2D eigenvalue weighted by atomic mass is 16.6. The minimum absolute atomic E-state index is 0.0475. The number of phenolic OH excluding ortho intramolecular Hbond substituents is 1. The van der Waals surface area contributed by atoms with Crippen molar-refractivity contribution in [2.45, 2.75) is 62.1 Å². The fourth-order valence-corrected chi connectivity index (χ4v) is 8.15. The maximum absolute atomic E-state index is 14.8. The van der Waals surface area contributed by atoms with Gasteiger partial charge in [0, 0.05) is 43.4 Å². The number of aliphatic hydroxyl groups is 4. The monoisotopic (exact) mass is 755 g/mol. The Bertz CT molecular complexity index is 2060. The normalized spacial score (nSPS) is 30.1. The summed E-state index contributed by atoms with van der Waals surface area (Å²) >= 11 is 0. The van der Waals surface area contributed by atoms with Crippen LogP contribution in [0.3, 0.4) is 0 Å². The van der Waals surface area contributed by atoms with Crippen LogP contribution in [0.5, 0.6) is 11.5 Å². The first-order valence-corrected chi connectivity index (χ1v) is 16.6. The first-order valence-electron chi connectivity index (χ1n) is 16.6. The Morgan fingerprint density at radius 2 is 1.72 bits per heavy atom. The summed E-state index contributed by atoms with van der Waals surface area (Å²) < 4.78 is 27.0. The predicted molar refractivity (Wildman–Crippen MR) is 177 cm³/mol. The smallest absolute Gasteiger partial charge is 0.341 e. The Labute approximate surface area is 305 Å². The molecule has 1 aliphatic heterocycles. The lowest BCUT2D eigenvalue weighted by Gasteiger charge is -2.53. The molecule has 54 heavy (non-hydrogen) atoms. The van der Waals surface area contributed by atoms with Crippen molar-refractivity contribution in [3.05, 3.63) is 68.4 Å². The minimum atomic E-state index is -3.32. The number of benzene rings is 2. The minimum Gasteiger partial charge on any atom is -0.506 e. The van der Waals surface area contributed by atoms with Crippen molar-refractivity contribution in [3.8, 4) is 11.5 Å². The van der Waals surface area contributed by atoms with E-state index in [1.807, 2.05) is 0 Å². The molecule has 8 atom stereocenters. The van der Waals surface area contributed by atoms with E-state index in [1.165, 1.54) is 20.1 Å². The molecule has 18 nitrogen and oxygen atoms in total. The van der Waals surface area contributed by atoms with E-state index in [2.05, 4.69) is 5.32 Å². The van der Waals surface area contributed by atoms with E-state index >= 15 is 0 Å². The molecule has 6 rings (SSSR count). The summed E-state index contributed by atoms with van der Waals surface area (Å²) in [6.45, 7) is 1.25. The number of aliphatic hydroxyl groups excluding tert-OH is 3. The zero-order valence-electron chi connectivity index (χ0n) is 29.5. The molecule has 1 heterocycles. The molecule has 7 N–H and O–H groups in total. The zero-order valence-corrected chi connectivity index (χ0v) is 29.5. The summed E-state index contributed by atoms with van der Waals surface area (Å²) in [6.07, 6.45) is -5.88. The van der Waals surface area contributed by atoms with Gasteiger partial charge < -0.3 is 59.6 Å². The van der Waals surface area contributed by atoms with E-state index in [9.17, 15) is 59.4 Å². The molecule has 1 saturated heterocycles. The molecule has 1 unspecified atom stereocenters. The largest absolute Gasteiger partial charge is 0.506 e. The number of hydrogen-bond donors (Lipinski definition) is 7. The molecule has 0 aromatic heterocycles. The Morgan fingerprint density at radius 1 is 1.04 bits per heavy atom. The number of rotatable bonds is 9. The van der Waals surface area contributed by atoms with Crippen LogP contribution in [0.4, 0.5) is 0 Å². The number of hydrogen-bond acceptors (Lipinski definition) is 17. The van der Waals surface area contributed by atoms with E-state index in [1.54, 1.807) is 6.92 Å².